The average molecular weight is 302 g/mol. The van der Waals surface area contributed by atoms with Crippen LogP contribution in [0.25, 0.3) is 21.8 Å². The Morgan fingerprint density at radius 3 is 2.52 bits per heavy atom. The third-order valence-electron chi connectivity index (χ3n) is 4.33. The van der Waals surface area contributed by atoms with E-state index in [1.165, 1.54) is 27.5 Å². The highest BCUT2D eigenvalue weighted by Crippen LogP contribution is 2.31. The first kappa shape index (κ1) is 13.8. The van der Waals surface area contributed by atoms with Crippen LogP contribution in [0.5, 0.6) is 5.75 Å². The molecule has 23 heavy (non-hydrogen) atoms. The normalized spacial score (nSPS) is 11.2. The topological polar surface area (TPSA) is 27.1 Å². The van der Waals surface area contributed by atoms with Crippen LogP contribution in [0.4, 0.5) is 0 Å². The number of rotatable bonds is 3. The number of pyridine rings is 1. The molecule has 2 aromatic carbocycles. The Kier molecular flexibility index (Phi) is 3.27. The first-order chi connectivity index (χ1) is 11.3. The number of fused-ring (bicyclic) bond motifs is 3. The number of hydrogen-bond acceptors (Lipinski definition) is 2. The molecule has 2 heterocycles. The van der Waals surface area contributed by atoms with Gasteiger partial charge in [-0.05, 0) is 36.8 Å². The van der Waals surface area contributed by atoms with Gasteiger partial charge in [0.2, 0.25) is 0 Å². The molecule has 0 atom stereocenters. The number of aryl methyl sites for hydroxylation is 1. The summed E-state index contributed by atoms with van der Waals surface area (Å²) in [7, 11) is 1.70. The summed E-state index contributed by atoms with van der Waals surface area (Å²) in [5.41, 5.74) is 4.98. The molecular weight excluding hydrogens is 284 g/mol. The number of benzene rings is 2. The van der Waals surface area contributed by atoms with E-state index in [4.69, 9.17) is 4.74 Å². The van der Waals surface area contributed by atoms with E-state index in [0.717, 1.165) is 17.7 Å². The minimum Gasteiger partial charge on any atom is -0.497 e. The predicted octanol–water partition coefficient (Wildman–Crippen LogP) is 4.55. The van der Waals surface area contributed by atoms with Gasteiger partial charge in [-0.2, -0.15) is 0 Å². The van der Waals surface area contributed by atoms with Gasteiger partial charge in [0.05, 0.1) is 12.6 Å². The summed E-state index contributed by atoms with van der Waals surface area (Å²) in [6.45, 7) is 2.96. The van der Waals surface area contributed by atoms with E-state index >= 15 is 0 Å². The van der Waals surface area contributed by atoms with Crippen molar-refractivity contribution < 1.29 is 4.74 Å². The molecule has 0 saturated carbocycles. The van der Waals surface area contributed by atoms with Crippen molar-refractivity contribution in [3.8, 4) is 5.75 Å². The van der Waals surface area contributed by atoms with Gasteiger partial charge in [0, 0.05) is 35.2 Å². The molecule has 0 saturated heterocycles. The molecule has 3 heteroatoms. The van der Waals surface area contributed by atoms with Crippen LogP contribution in [-0.2, 0) is 6.54 Å². The first-order valence-electron chi connectivity index (χ1n) is 7.72. The highest BCUT2D eigenvalue weighted by atomic mass is 16.5. The van der Waals surface area contributed by atoms with Crippen molar-refractivity contribution in [3.63, 3.8) is 0 Å². The maximum atomic E-state index is 5.38. The lowest BCUT2D eigenvalue weighted by Gasteiger charge is -2.08. The Hall–Kier alpha value is -2.81. The van der Waals surface area contributed by atoms with Gasteiger partial charge in [-0.25, -0.2) is 0 Å². The molecule has 4 aromatic rings. The molecular formula is C20H18N2O. The zero-order valence-corrected chi connectivity index (χ0v) is 13.3. The Labute approximate surface area is 135 Å². The summed E-state index contributed by atoms with van der Waals surface area (Å²) in [5.74, 6) is 0.871. The predicted molar refractivity (Wildman–Crippen MR) is 94.1 cm³/mol. The molecule has 2 aromatic heterocycles. The summed E-state index contributed by atoms with van der Waals surface area (Å²) >= 11 is 0. The number of nitrogens with zero attached hydrogens (tertiary/aromatic N) is 2. The van der Waals surface area contributed by atoms with E-state index in [1.807, 2.05) is 18.5 Å². The SMILES string of the molecule is COc1ccc2c(c1)c1cnccc1n2Cc1ccc(C)cc1. The molecule has 0 aliphatic heterocycles. The monoisotopic (exact) mass is 302 g/mol. The molecule has 0 fully saturated rings. The van der Waals surface area contributed by atoms with Crippen LogP contribution >= 0.6 is 0 Å². The molecule has 0 bridgehead atoms. The van der Waals surface area contributed by atoms with E-state index in [0.29, 0.717) is 0 Å². The second kappa shape index (κ2) is 5.43. The van der Waals surface area contributed by atoms with Crippen LogP contribution in [0.3, 0.4) is 0 Å². The molecule has 3 nitrogen and oxygen atoms in total. The lowest BCUT2D eigenvalue weighted by Crippen LogP contribution is -1.99. The molecule has 0 N–H and O–H groups in total. The third-order valence-corrected chi connectivity index (χ3v) is 4.33. The van der Waals surface area contributed by atoms with Crippen LogP contribution in [0, 0.1) is 6.92 Å². The number of aromatic nitrogens is 2. The Balaban J connectivity index is 1.94. The zero-order valence-electron chi connectivity index (χ0n) is 13.3. The van der Waals surface area contributed by atoms with Gasteiger partial charge in [-0.3, -0.25) is 4.98 Å². The van der Waals surface area contributed by atoms with Gasteiger partial charge in [0.15, 0.2) is 0 Å². The van der Waals surface area contributed by atoms with Crippen molar-refractivity contribution in [3.05, 3.63) is 72.1 Å². The molecule has 4 rings (SSSR count). The zero-order chi connectivity index (χ0) is 15.8. The number of ether oxygens (including phenoxy) is 1. The quantitative estimate of drug-likeness (QED) is 0.555. The third kappa shape index (κ3) is 2.34. The minimum atomic E-state index is 0.844. The van der Waals surface area contributed by atoms with Crippen LogP contribution < -0.4 is 4.74 Å². The van der Waals surface area contributed by atoms with Gasteiger partial charge in [-0.1, -0.05) is 29.8 Å². The van der Waals surface area contributed by atoms with Gasteiger partial charge in [0.1, 0.15) is 5.75 Å². The van der Waals surface area contributed by atoms with Crippen molar-refractivity contribution in [1.82, 2.24) is 9.55 Å². The number of methoxy groups -OCH3 is 1. The fourth-order valence-electron chi connectivity index (χ4n) is 3.10. The molecule has 0 aliphatic rings. The van der Waals surface area contributed by atoms with Gasteiger partial charge >= 0.3 is 0 Å². The molecule has 0 aliphatic carbocycles. The van der Waals surface area contributed by atoms with Crippen molar-refractivity contribution in [2.75, 3.05) is 7.11 Å². The maximum Gasteiger partial charge on any atom is 0.119 e. The van der Waals surface area contributed by atoms with E-state index in [1.54, 1.807) is 7.11 Å². The summed E-state index contributed by atoms with van der Waals surface area (Å²) in [6, 6.07) is 17.0. The molecule has 0 spiro atoms. The second-order valence-corrected chi connectivity index (χ2v) is 5.85. The van der Waals surface area contributed by atoms with Gasteiger partial charge in [0.25, 0.3) is 0 Å². The molecule has 114 valence electrons. The largest absolute Gasteiger partial charge is 0.497 e. The highest BCUT2D eigenvalue weighted by Gasteiger charge is 2.11. The van der Waals surface area contributed by atoms with Crippen molar-refractivity contribution in [2.45, 2.75) is 13.5 Å². The van der Waals surface area contributed by atoms with E-state index in [-0.39, 0.29) is 0 Å². The minimum absolute atomic E-state index is 0.844. The number of hydrogen-bond donors (Lipinski definition) is 0. The van der Waals surface area contributed by atoms with Crippen molar-refractivity contribution in [2.24, 2.45) is 0 Å². The van der Waals surface area contributed by atoms with Crippen molar-refractivity contribution in [1.29, 1.82) is 0 Å². The second-order valence-electron chi connectivity index (χ2n) is 5.85. The summed E-state index contributed by atoms with van der Waals surface area (Å²) in [6.07, 6.45) is 3.78. The highest BCUT2D eigenvalue weighted by molar-refractivity contribution is 6.08. The lowest BCUT2D eigenvalue weighted by atomic mass is 10.1. The smallest absolute Gasteiger partial charge is 0.119 e. The fourth-order valence-corrected chi connectivity index (χ4v) is 3.10. The molecule has 0 radical (unpaired) electrons. The lowest BCUT2D eigenvalue weighted by molar-refractivity contribution is 0.415. The van der Waals surface area contributed by atoms with Crippen LogP contribution in [-0.4, -0.2) is 16.7 Å². The van der Waals surface area contributed by atoms with Crippen LogP contribution in [0.2, 0.25) is 0 Å². The maximum absolute atomic E-state index is 5.38. The van der Waals surface area contributed by atoms with Gasteiger partial charge in [-0.15, -0.1) is 0 Å². The Morgan fingerprint density at radius 2 is 1.74 bits per heavy atom. The average Bonchev–Trinajstić information content (AvgIpc) is 2.90. The van der Waals surface area contributed by atoms with Crippen molar-refractivity contribution >= 4 is 21.8 Å². The molecule has 0 unspecified atom stereocenters. The van der Waals surface area contributed by atoms with Crippen LogP contribution in [0.15, 0.2) is 60.9 Å². The van der Waals surface area contributed by atoms with Crippen LogP contribution in [0.1, 0.15) is 11.1 Å². The summed E-state index contributed by atoms with van der Waals surface area (Å²) < 4.78 is 7.73. The Bertz CT molecular complexity index is 984. The molecule has 0 amide bonds. The van der Waals surface area contributed by atoms with E-state index in [2.05, 4.69) is 58.9 Å². The Morgan fingerprint density at radius 1 is 0.957 bits per heavy atom. The van der Waals surface area contributed by atoms with E-state index in [9.17, 15) is 0 Å². The summed E-state index contributed by atoms with van der Waals surface area (Å²) in [5, 5.41) is 2.34. The van der Waals surface area contributed by atoms with Gasteiger partial charge < -0.3 is 9.30 Å². The van der Waals surface area contributed by atoms with E-state index < -0.39 is 0 Å². The standard InChI is InChI=1S/C20H18N2O/c1-14-3-5-15(6-4-14)13-22-19-8-7-16(23-2)11-17(19)18-12-21-10-9-20(18)22/h3-12H,13H2,1-2H3. The fraction of sp³-hybridized carbons (Fsp3) is 0.150. The summed E-state index contributed by atoms with van der Waals surface area (Å²) in [4.78, 5) is 4.30. The first-order valence-corrected chi connectivity index (χ1v) is 7.72.